The molecule has 1 aliphatic rings. The van der Waals surface area contributed by atoms with Crippen molar-refractivity contribution in [3.8, 4) is 0 Å². The van der Waals surface area contributed by atoms with Gasteiger partial charge < -0.3 is 0 Å². The second-order valence-corrected chi connectivity index (χ2v) is 6.67. The quantitative estimate of drug-likeness (QED) is 0.704. The predicted molar refractivity (Wildman–Crippen MR) is 38.9 cm³/mol. The summed E-state index contributed by atoms with van der Waals surface area (Å²) in [7, 11) is 1.79. The molecule has 3 atom stereocenters. The zero-order chi connectivity index (χ0) is 8.27. The Morgan fingerprint density at radius 2 is 2.36 bits per heavy atom. The van der Waals surface area contributed by atoms with Gasteiger partial charge in [0.15, 0.2) is 0 Å². The van der Waals surface area contributed by atoms with Gasteiger partial charge in [-0.2, -0.15) is 0 Å². The van der Waals surface area contributed by atoms with Crippen molar-refractivity contribution in [2.24, 2.45) is 5.92 Å². The Morgan fingerprint density at radius 1 is 1.64 bits per heavy atom. The molecule has 2 nitrogen and oxygen atoms in total. The Kier molecular flexibility index (Phi) is 4.32. The number of ether oxygens (including phenoxy) is 2. The molecule has 1 heterocycles. The van der Waals surface area contributed by atoms with E-state index in [0.717, 1.165) is 38.6 Å². The third-order valence-corrected chi connectivity index (χ3v) is 4.63. The van der Waals surface area contributed by atoms with Gasteiger partial charge in [0.25, 0.3) is 0 Å². The van der Waals surface area contributed by atoms with E-state index < -0.39 is 0 Å². The summed E-state index contributed by atoms with van der Waals surface area (Å²) >= 11 is 0.770. The van der Waals surface area contributed by atoms with Crippen molar-refractivity contribution in [2.45, 2.75) is 29.5 Å². The number of rotatable bonds is 2. The Hall–Kier alpha value is 0.855. The van der Waals surface area contributed by atoms with Crippen molar-refractivity contribution in [3.05, 3.63) is 0 Å². The third-order valence-electron chi connectivity index (χ3n) is 2.41. The minimum absolute atomic E-state index is 0.361. The normalized spacial score (nSPS) is 39.1. The molecule has 3 unspecified atom stereocenters. The van der Waals surface area contributed by atoms with Crippen LogP contribution in [0.5, 0.6) is 0 Å². The van der Waals surface area contributed by atoms with E-state index in [4.69, 9.17) is 9.47 Å². The average molecular weight is 344 g/mol. The standard InChI is InChI=1S/C8H15O2.Hg/c1-3-7-4-5-10-6-8(7)9-2;/h5,7-8H,3-4,6H2,1-2H3;. The van der Waals surface area contributed by atoms with Crippen LogP contribution >= 0.6 is 0 Å². The van der Waals surface area contributed by atoms with Crippen LogP contribution in [0.1, 0.15) is 19.8 Å². The maximum atomic E-state index is 5.57. The van der Waals surface area contributed by atoms with Crippen LogP contribution in [0.3, 0.4) is 0 Å². The van der Waals surface area contributed by atoms with E-state index in [2.05, 4.69) is 6.92 Å². The average Bonchev–Trinajstić information content (AvgIpc) is 2.04. The first-order valence-electron chi connectivity index (χ1n) is 4.25. The Labute approximate surface area is 84.6 Å². The zero-order valence-corrected chi connectivity index (χ0v) is 12.9. The van der Waals surface area contributed by atoms with E-state index in [1.165, 1.54) is 12.8 Å². The molecule has 11 heavy (non-hydrogen) atoms. The van der Waals surface area contributed by atoms with Gasteiger partial charge in [0, 0.05) is 0 Å². The van der Waals surface area contributed by atoms with Crippen LogP contribution in [0, 0.1) is 5.92 Å². The predicted octanol–water partition coefficient (Wildman–Crippen LogP) is 1.32. The topological polar surface area (TPSA) is 18.5 Å². The molecule has 1 aliphatic heterocycles. The van der Waals surface area contributed by atoms with Crippen molar-refractivity contribution < 1.29 is 35.6 Å². The van der Waals surface area contributed by atoms with E-state index in [1.807, 2.05) is 0 Å². The van der Waals surface area contributed by atoms with Crippen LogP contribution in [0.25, 0.3) is 0 Å². The Balaban J connectivity index is 2.41. The van der Waals surface area contributed by atoms with Gasteiger partial charge in [0.05, 0.1) is 0 Å². The van der Waals surface area contributed by atoms with Gasteiger partial charge in [-0.1, -0.05) is 0 Å². The van der Waals surface area contributed by atoms with Gasteiger partial charge in [-0.25, -0.2) is 0 Å². The molecular formula is C8H15HgO2. The Bertz CT molecular complexity index is 119. The van der Waals surface area contributed by atoms with Crippen molar-refractivity contribution >= 4 is 0 Å². The SMILES string of the molecule is CCC1C[CH]([Hg])OCC1OC. The fourth-order valence-corrected chi connectivity index (χ4v) is 3.81. The van der Waals surface area contributed by atoms with Crippen LogP contribution < -0.4 is 0 Å². The minimum atomic E-state index is 0.361. The summed E-state index contributed by atoms with van der Waals surface area (Å²) < 4.78 is 11.5. The molecule has 0 aromatic carbocycles. The molecule has 0 aromatic heterocycles. The summed E-state index contributed by atoms with van der Waals surface area (Å²) in [6.45, 7) is 3.06. The molecule has 1 saturated heterocycles. The third kappa shape index (κ3) is 2.67. The Morgan fingerprint density at radius 3 is 2.91 bits per heavy atom. The van der Waals surface area contributed by atoms with Crippen molar-refractivity contribution in [1.29, 1.82) is 0 Å². The van der Waals surface area contributed by atoms with Crippen LogP contribution in [0.2, 0.25) is 0 Å². The van der Waals surface area contributed by atoms with Gasteiger partial charge in [-0.05, 0) is 0 Å². The summed E-state index contributed by atoms with van der Waals surface area (Å²) in [5, 5.41) is 0. The van der Waals surface area contributed by atoms with E-state index in [-0.39, 0.29) is 0 Å². The first-order chi connectivity index (χ1) is 5.27. The molecule has 0 saturated carbocycles. The van der Waals surface area contributed by atoms with Crippen LogP contribution in [0.15, 0.2) is 0 Å². The van der Waals surface area contributed by atoms with Gasteiger partial charge >= 0.3 is 84.7 Å². The molecule has 0 radical (unpaired) electrons. The monoisotopic (exact) mass is 345 g/mol. The second-order valence-electron chi connectivity index (χ2n) is 3.13. The molecule has 0 N–H and O–H groups in total. The summed E-state index contributed by atoms with van der Waals surface area (Å²) in [5.41, 5.74) is 0. The van der Waals surface area contributed by atoms with Gasteiger partial charge in [-0.3, -0.25) is 0 Å². The first kappa shape index (κ1) is 9.94. The zero-order valence-electron chi connectivity index (χ0n) is 7.38. The number of hydrogen-bond donors (Lipinski definition) is 0. The summed E-state index contributed by atoms with van der Waals surface area (Å²) in [4.78, 5) is 0. The summed E-state index contributed by atoms with van der Waals surface area (Å²) in [6.07, 6.45) is 2.83. The first-order valence-corrected chi connectivity index (χ1v) is 7.42. The fourth-order valence-electron chi connectivity index (χ4n) is 1.61. The molecular weight excluding hydrogens is 329 g/mol. The van der Waals surface area contributed by atoms with Crippen LogP contribution in [-0.2, 0) is 35.6 Å². The molecule has 0 aliphatic carbocycles. The molecule has 1 rings (SSSR count). The van der Waals surface area contributed by atoms with Gasteiger partial charge in [0.1, 0.15) is 0 Å². The van der Waals surface area contributed by atoms with E-state index in [9.17, 15) is 0 Å². The van der Waals surface area contributed by atoms with E-state index in [1.54, 1.807) is 7.11 Å². The van der Waals surface area contributed by atoms with E-state index in [0.29, 0.717) is 9.72 Å². The number of hydrogen-bond acceptors (Lipinski definition) is 2. The van der Waals surface area contributed by atoms with Crippen LogP contribution in [-0.4, -0.2) is 23.4 Å². The van der Waals surface area contributed by atoms with Crippen LogP contribution in [0.4, 0.5) is 0 Å². The molecule has 0 aromatic rings. The molecule has 3 heteroatoms. The van der Waals surface area contributed by atoms with Gasteiger partial charge in [0.2, 0.25) is 0 Å². The maximum absolute atomic E-state index is 5.57. The van der Waals surface area contributed by atoms with Crippen molar-refractivity contribution in [1.82, 2.24) is 0 Å². The van der Waals surface area contributed by atoms with E-state index >= 15 is 0 Å². The molecule has 0 spiro atoms. The van der Waals surface area contributed by atoms with Crippen molar-refractivity contribution in [3.63, 3.8) is 0 Å². The fraction of sp³-hybridized carbons (Fsp3) is 1.00. The molecule has 61 valence electrons. The summed E-state index contributed by atoms with van der Waals surface area (Å²) in [6, 6.07) is 0. The number of methoxy groups -OCH3 is 1. The molecule has 0 amide bonds. The molecule has 0 bridgehead atoms. The summed E-state index contributed by atoms with van der Waals surface area (Å²) in [5.74, 6) is 0.747. The molecule has 1 fully saturated rings. The second kappa shape index (κ2) is 4.78. The van der Waals surface area contributed by atoms with Crippen molar-refractivity contribution in [2.75, 3.05) is 13.7 Å². The van der Waals surface area contributed by atoms with Gasteiger partial charge in [-0.15, -0.1) is 0 Å².